The average molecular weight is 278 g/mol. The predicted octanol–water partition coefficient (Wildman–Crippen LogP) is 2.09. The predicted molar refractivity (Wildman–Crippen MR) is 75.2 cm³/mol. The molecular formula is C15H22N2O3. The van der Waals surface area contributed by atoms with Crippen LogP contribution in [-0.2, 0) is 4.79 Å². The van der Waals surface area contributed by atoms with Crippen molar-refractivity contribution < 1.29 is 14.0 Å². The molecule has 5 nitrogen and oxygen atoms in total. The number of nitrogens with one attached hydrogen (secondary N) is 2. The molecule has 20 heavy (non-hydrogen) atoms. The minimum atomic E-state index is -0.210. The number of furan rings is 1. The molecule has 1 aliphatic rings. The van der Waals surface area contributed by atoms with E-state index in [2.05, 4.69) is 17.6 Å². The fourth-order valence-corrected chi connectivity index (χ4v) is 2.65. The number of hydrogen-bond acceptors (Lipinski definition) is 3. The van der Waals surface area contributed by atoms with Gasteiger partial charge in [0.15, 0.2) is 0 Å². The monoisotopic (exact) mass is 278 g/mol. The van der Waals surface area contributed by atoms with E-state index in [0.29, 0.717) is 30.5 Å². The maximum Gasteiger partial charge on any atom is 0.254 e. The number of carbonyl (C=O) groups is 2. The SMILES string of the molecule is CC1CCCC(NC(=O)CCNC(=O)c2ccoc2)C1. The van der Waals surface area contributed by atoms with Gasteiger partial charge in [-0.1, -0.05) is 19.8 Å². The Morgan fingerprint density at radius 3 is 2.95 bits per heavy atom. The summed E-state index contributed by atoms with van der Waals surface area (Å²) in [5.41, 5.74) is 0.478. The molecule has 0 radical (unpaired) electrons. The van der Waals surface area contributed by atoms with Crippen LogP contribution in [0.4, 0.5) is 0 Å². The number of amides is 2. The molecule has 1 heterocycles. The molecule has 0 bridgehead atoms. The Morgan fingerprint density at radius 1 is 1.40 bits per heavy atom. The first-order valence-electron chi connectivity index (χ1n) is 7.25. The van der Waals surface area contributed by atoms with Crippen LogP contribution in [0.3, 0.4) is 0 Å². The zero-order valence-corrected chi connectivity index (χ0v) is 11.9. The summed E-state index contributed by atoms with van der Waals surface area (Å²) in [6, 6.07) is 1.90. The summed E-state index contributed by atoms with van der Waals surface area (Å²) in [4.78, 5) is 23.4. The third kappa shape index (κ3) is 4.40. The molecule has 2 rings (SSSR count). The van der Waals surface area contributed by atoms with Crippen molar-refractivity contribution in [3.8, 4) is 0 Å². The van der Waals surface area contributed by atoms with Gasteiger partial charge in [0.25, 0.3) is 5.91 Å². The van der Waals surface area contributed by atoms with Gasteiger partial charge in [-0.05, 0) is 24.8 Å². The van der Waals surface area contributed by atoms with E-state index in [0.717, 1.165) is 12.8 Å². The summed E-state index contributed by atoms with van der Waals surface area (Å²) in [5, 5.41) is 5.75. The van der Waals surface area contributed by atoms with Gasteiger partial charge in [0.05, 0.1) is 11.8 Å². The summed E-state index contributed by atoms with van der Waals surface area (Å²) >= 11 is 0. The lowest BCUT2D eigenvalue weighted by molar-refractivity contribution is -0.121. The van der Waals surface area contributed by atoms with Gasteiger partial charge in [-0.25, -0.2) is 0 Å². The number of carbonyl (C=O) groups excluding carboxylic acids is 2. The van der Waals surface area contributed by atoms with Crippen LogP contribution in [-0.4, -0.2) is 24.4 Å². The van der Waals surface area contributed by atoms with E-state index < -0.39 is 0 Å². The Morgan fingerprint density at radius 2 is 2.25 bits per heavy atom. The highest BCUT2D eigenvalue weighted by Crippen LogP contribution is 2.23. The fourth-order valence-electron chi connectivity index (χ4n) is 2.65. The fraction of sp³-hybridized carbons (Fsp3) is 0.600. The van der Waals surface area contributed by atoms with Gasteiger partial charge in [-0.15, -0.1) is 0 Å². The Bertz CT molecular complexity index is 442. The van der Waals surface area contributed by atoms with Crippen LogP contribution in [0.5, 0.6) is 0 Å². The van der Waals surface area contributed by atoms with E-state index in [4.69, 9.17) is 4.42 Å². The van der Waals surface area contributed by atoms with Crippen molar-refractivity contribution in [2.75, 3.05) is 6.54 Å². The van der Waals surface area contributed by atoms with Crippen LogP contribution in [0.2, 0.25) is 0 Å². The number of rotatable bonds is 5. The summed E-state index contributed by atoms with van der Waals surface area (Å²) in [6.07, 6.45) is 7.72. The molecule has 110 valence electrons. The molecule has 5 heteroatoms. The Hall–Kier alpha value is -1.78. The van der Waals surface area contributed by atoms with Crippen LogP contribution in [0.25, 0.3) is 0 Å². The maximum atomic E-state index is 11.8. The standard InChI is InChI=1S/C15H22N2O3/c1-11-3-2-4-13(9-11)17-14(18)5-7-16-15(19)12-6-8-20-10-12/h6,8,10-11,13H,2-5,7,9H2,1H3,(H,16,19)(H,17,18). The minimum Gasteiger partial charge on any atom is -0.472 e. The first-order chi connectivity index (χ1) is 9.65. The topological polar surface area (TPSA) is 71.3 Å². The van der Waals surface area contributed by atoms with Crippen LogP contribution in [0.1, 0.15) is 49.4 Å². The molecule has 2 unspecified atom stereocenters. The smallest absolute Gasteiger partial charge is 0.254 e. The van der Waals surface area contributed by atoms with Crippen LogP contribution in [0.15, 0.2) is 23.0 Å². The van der Waals surface area contributed by atoms with Crippen molar-refractivity contribution in [1.82, 2.24) is 10.6 Å². The molecule has 0 aromatic carbocycles. The second kappa shape index (κ2) is 7.12. The molecule has 2 amide bonds. The van der Waals surface area contributed by atoms with E-state index in [1.165, 1.54) is 25.4 Å². The minimum absolute atomic E-state index is 0.0107. The summed E-state index contributed by atoms with van der Waals surface area (Å²) < 4.78 is 4.83. The molecular weight excluding hydrogens is 256 g/mol. The highest BCUT2D eigenvalue weighted by atomic mass is 16.3. The van der Waals surface area contributed by atoms with Gasteiger partial charge in [0.2, 0.25) is 5.91 Å². The lowest BCUT2D eigenvalue weighted by atomic mass is 9.87. The molecule has 2 N–H and O–H groups in total. The van der Waals surface area contributed by atoms with E-state index in [-0.39, 0.29) is 11.8 Å². The quantitative estimate of drug-likeness (QED) is 0.866. The molecule has 0 aliphatic heterocycles. The highest BCUT2D eigenvalue weighted by molar-refractivity contribution is 5.94. The maximum absolute atomic E-state index is 11.8. The van der Waals surface area contributed by atoms with Crippen molar-refractivity contribution in [2.24, 2.45) is 5.92 Å². The molecule has 2 atom stereocenters. The third-order valence-corrected chi connectivity index (χ3v) is 3.72. The molecule has 1 aromatic rings. The summed E-state index contributed by atoms with van der Waals surface area (Å²) in [6.45, 7) is 2.57. The average Bonchev–Trinajstić information content (AvgIpc) is 2.92. The van der Waals surface area contributed by atoms with E-state index in [1.807, 2.05) is 0 Å². The van der Waals surface area contributed by atoms with Gasteiger partial charge in [0, 0.05) is 19.0 Å². The summed E-state index contributed by atoms with van der Waals surface area (Å²) in [5.74, 6) is 0.490. The van der Waals surface area contributed by atoms with Crippen molar-refractivity contribution in [2.45, 2.75) is 45.1 Å². The second-order valence-corrected chi connectivity index (χ2v) is 5.55. The largest absolute Gasteiger partial charge is 0.472 e. The molecule has 1 aliphatic carbocycles. The molecule has 0 spiro atoms. The van der Waals surface area contributed by atoms with Crippen LogP contribution in [0, 0.1) is 5.92 Å². The zero-order chi connectivity index (χ0) is 14.4. The van der Waals surface area contributed by atoms with E-state index in [9.17, 15) is 9.59 Å². The zero-order valence-electron chi connectivity index (χ0n) is 11.9. The van der Waals surface area contributed by atoms with Crippen molar-refractivity contribution in [3.05, 3.63) is 24.2 Å². The van der Waals surface area contributed by atoms with Crippen molar-refractivity contribution in [1.29, 1.82) is 0 Å². The van der Waals surface area contributed by atoms with Gasteiger partial charge < -0.3 is 15.1 Å². The van der Waals surface area contributed by atoms with Gasteiger partial charge >= 0.3 is 0 Å². The molecule has 0 saturated heterocycles. The number of hydrogen-bond donors (Lipinski definition) is 2. The van der Waals surface area contributed by atoms with E-state index >= 15 is 0 Å². The Balaban J connectivity index is 1.64. The molecule has 1 saturated carbocycles. The highest BCUT2D eigenvalue weighted by Gasteiger charge is 2.20. The van der Waals surface area contributed by atoms with Crippen molar-refractivity contribution in [3.63, 3.8) is 0 Å². The lowest BCUT2D eigenvalue weighted by Crippen LogP contribution is -2.39. The Labute approximate surface area is 119 Å². The van der Waals surface area contributed by atoms with Crippen LogP contribution < -0.4 is 10.6 Å². The first kappa shape index (κ1) is 14.6. The van der Waals surface area contributed by atoms with Gasteiger partial charge in [0.1, 0.15) is 6.26 Å². The van der Waals surface area contributed by atoms with E-state index in [1.54, 1.807) is 6.07 Å². The molecule has 1 aromatic heterocycles. The molecule has 1 fully saturated rings. The van der Waals surface area contributed by atoms with Gasteiger partial charge in [-0.2, -0.15) is 0 Å². The van der Waals surface area contributed by atoms with Gasteiger partial charge in [-0.3, -0.25) is 9.59 Å². The van der Waals surface area contributed by atoms with Crippen molar-refractivity contribution >= 4 is 11.8 Å². The van der Waals surface area contributed by atoms with Crippen LogP contribution >= 0.6 is 0 Å². The lowest BCUT2D eigenvalue weighted by Gasteiger charge is -2.27. The second-order valence-electron chi connectivity index (χ2n) is 5.55. The Kier molecular flexibility index (Phi) is 5.21. The normalized spacial score (nSPS) is 22.2. The third-order valence-electron chi connectivity index (χ3n) is 3.72. The first-order valence-corrected chi connectivity index (χ1v) is 7.25. The summed E-state index contributed by atoms with van der Waals surface area (Å²) in [7, 11) is 0.